The molecule has 0 aliphatic rings. The van der Waals surface area contributed by atoms with E-state index >= 15 is 0 Å². The highest BCUT2D eigenvalue weighted by Gasteiger charge is 2.34. The molecule has 0 atom stereocenters. The standard InChI is InChI=1S/C9H7F3N2O4/c1-2-18-9(15)5-6(14(16)17)4(7(10)11)3-13-8(5)12/h3,7H,2H2,1H3. The first-order chi connectivity index (χ1) is 8.40. The topological polar surface area (TPSA) is 82.3 Å². The molecular formula is C9H7F3N2O4. The van der Waals surface area contributed by atoms with Crippen LogP contribution in [0.3, 0.4) is 0 Å². The van der Waals surface area contributed by atoms with Crippen LogP contribution in [0.2, 0.25) is 0 Å². The Hall–Kier alpha value is -2.19. The molecule has 98 valence electrons. The molecule has 0 saturated carbocycles. The molecule has 6 nitrogen and oxygen atoms in total. The highest BCUT2D eigenvalue weighted by Crippen LogP contribution is 2.32. The quantitative estimate of drug-likeness (QED) is 0.360. The predicted molar refractivity (Wildman–Crippen MR) is 51.8 cm³/mol. The van der Waals surface area contributed by atoms with Crippen molar-refractivity contribution in [2.75, 3.05) is 6.61 Å². The van der Waals surface area contributed by atoms with Crippen molar-refractivity contribution in [3.63, 3.8) is 0 Å². The van der Waals surface area contributed by atoms with E-state index in [1.807, 2.05) is 0 Å². The number of halogens is 3. The third-order valence-corrected chi connectivity index (χ3v) is 1.93. The number of nitro groups is 1. The van der Waals surface area contributed by atoms with Gasteiger partial charge in [0.25, 0.3) is 12.1 Å². The zero-order valence-electron chi connectivity index (χ0n) is 9.02. The summed E-state index contributed by atoms with van der Waals surface area (Å²) < 4.78 is 42.7. The minimum absolute atomic E-state index is 0.186. The van der Waals surface area contributed by atoms with Gasteiger partial charge in [0.15, 0.2) is 5.56 Å². The monoisotopic (exact) mass is 264 g/mol. The van der Waals surface area contributed by atoms with E-state index < -0.39 is 40.1 Å². The normalized spacial score (nSPS) is 10.5. The number of hydrogen-bond donors (Lipinski definition) is 0. The van der Waals surface area contributed by atoms with E-state index in [1.165, 1.54) is 6.92 Å². The van der Waals surface area contributed by atoms with Crippen LogP contribution in [0, 0.1) is 16.1 Å². The Balaban J connectivity index is 3.51. The Kier molecular flexibility index (Phi) is 4.18. The third-order valence-electron chi connectivity index (χ3n) is 1.93. The van der Waals surface area contributed by atoms with Gasteiger partial charge in [0.05, 0.1) is 11.5 Å². The molecule has 18 heavy (non-hydrogen) atoms. The smallest absolute Gasteiger partial charge is 0.349 e. The zero-order valence-corrected chi connectivity index (χ0v) is 9.02. The summed E-state index contributed by atoms with van der Waals surface area (Å²) in [5.74, 6) is -2.93. The molecule has 9 heteroatoms. The van der Waals surface area contributed by atoms with Crippen LogP contribution < -0.4 is 0 Å². The highest BCUT2D eigenvalue weighted by atomic mass is 19.3. The first-order valence-electron chi connectivity index (χ1n) is 4.68. The van der Waals surface area contributed by atoms with Crippen molar-refractivity contribution in [3.8, 4) is 0 Å². The molecule has 0 aliphatic carbocycles. The molecule has 0 N–H and O–H groups in total. The Morgan fingerprint density at radius 3 is 2.67 bits per heavy atom. The number of nitrogens with zero attached hydrogens (tertiary/aromatic N) is 2. The lowest BCUT2D eigenvalue weighted by Gasteiger charge is -2.07. The van der Waals surface area contributed by atoms with E-state index in [9.17, 15) is 28.1 Å². The molecule has 0 bridgehead atoms. The second-order valence-electron chi connectivity index (χ2n) is 3.01. The van der Waals surface area contributed by atoms with E-state index in [1.54, 1.807) is 0 Å². The second kappa shape index (κ2) is 5.43. The maximum Gasteiger partial charge on any atom is 0.349 e. The summed E-state index contributed by atoms with van der Waals surface area (Å²) in [7, 11) is 0. The van der Waals surface area contributed by atoms with Crippen LogP contribution in [0.15, 0.2) is 6.20 Å². The van der Waals surface area contributed by atoms with Crippen molar-refractivity contribution < 1.29 is 27.6 Å². The maximum atomic E-state index is 13.3. The lowest BCUT2D eigenvalue weighted by molar-refractivity contribution is -0.386. The molecule has 1 rings (SSSR count). The second-order valence-corrected chi connectivity index (χ2v) is 3.01. The van der Waals surface area contributed by atoms with Gasteiger partial charge in [0, 0.05) is 6.20 Å². The number of carbonyl (C=O) groups is 1. The number of alkyl halides is 2. The first-order valence-corrected chi connectivity index (χ1v) is 4.68. The van der Waals surface area contributed by atoms with Gasteiger partial charge in [-0.25, -0.2) is 18.6 Å². The van der Waals surface area contributed by atoms with Crippen molar-refractivity contribution in [1.29, 1.82) is 0 Å². The van der Waals surface area contributed by atoms with E-state index in [2.05, 4.69) is 9.72 Å². The van der Waals surface area contributed by atoms with Crippen LogP contribution in [0.25, 0.3) is 0 Å². The average molecular weight is 264 g/mol. The third kappa shape index (κ3) is 2.55. The Labute approximate surface area is 98.5 Å². The predicted octanol–water partition coefficient (Wildman–Crippen LogP) is 2.24. The van der Waals surface area contributed by atoms with Gasteiger partial charge in [-0.05, 0) is 6.92 Å². The molecule has 0 unspecified atom stereocenters. The van der Waals surface area contributed by atoms with Crippen LogP contribution in [-0.4, -0.2) is 22.5 Å². The van der Waals surface area contributed by atoms with Crippen LogP contribution in [0.5, 0.6) is 0 Å². The summed E-state index contributed by atoms with van der Waals surface area (Å²) in [6.45, 7) is 1.19. The van der Waals surface area contributed by atoms with E-state index in [-0.39, 0.29) is 6.61 Å². The highest BCUT2D eigenvalue weighted by molar-refractivity contribution is 5.94. The SMILES string of the molecule is CCOC(=O)c1c(F)ncc(C(F)F)c1[N+](=O)[O-]. The van der Waals surface area contributed by atoms with Gasteiger partial charge in [-0.15, -0.1) is 0 Å². The van der Waals surface area contributed by atoms with Gasteiger partial charge in [0.1, 0.15) is 5.56 Å². The number of esters is 1. The number of aromatic nitrogens is 1. The maximum absolute atomic E-state index is 13.3. The molecule has 1 heterocycles. The average Bonchev–Trinajstić information content (AvgIpc) is 2.27. The largest absolute Gasteiger partial charge is 0.462 e. The van der Waals surface area contributed by atoms with E-state index in [4.69, 9.17) is 0 Å². The summed E-state index contributed by atoms with van der Waals surface area (Å²) >= 11 is 0. The van der Waals surface area contributed by atoms with Gasteiger partial charge in [-0.3, -0.25) is 10.1 Å². The molecule has 0 spiro atoms. The molecule has 0 fully saturated rings. The first kappa shape index (κ1) is 13.9. The van der Waals surface area contributed by atoms with Crippen LogP contribution in [-0.2, 0) is 4.74 Å². The van der Waals surface area contributed by atoms with Crippen molar-refractivity contribution in [2.24, 2.45) is 0 Å². The molecule has 1 aromatic heterocycles. The summed E-state index contributed by atoms with van der Waals surface area (Å²) in [6, 6.07) is 0. The fourth-order valence-electron chi connectivity index (χ4n) is 1.23. The lowest BCUT2D eigenvalue weighted by Crippen LogP contribution is -2.14. The van der Waals surface area contributed by atoms with E-state index in [0.29, 0.717) is 6.20 Å². The number of carbonyl (C=O) groups excluding carboxylic acids is 1. The molecule has 0 saturated heterocycles. The molecule has 0 aliphatic heterocycles. The number of ether oxygens (including phenoxy) is 1. The minimum Gasteiger partial charge on any atom is -0.462 e. The van der Waals surface area contributed by atoms with Crippen LogP contribution >= 0.6 is 0 Å². The van der Waals surface area contributed by atoms with Crippen molar-refractivity contribution in [3.05, 3.63) is 33.4 Å². The fraction of sp³-hybridized carbons (Fsp3) is 0.333. The number of rotatable bonds is 4. The molecule has 0 radical (unpaired) electrons. The Morgan fingerprint density at radius 2 is 2.22 bits per heavy atom. The van der Waals surface area contributed by atoms with Crippen molar-refractivity contribution in [1.82, 2.24) is 4.98 Å². The molecular weight excluding hydrogens is 257 g/mol. The summed E-state index contributed by atoms with van der Waals surface area (Å²) in [4.78, 5) is 23.6. The Bertz CT molecular complexity index is 493. The van der Waals surface area contributed by atoms with Crippen LogP contribution in [0.4, 0.5) is 18.9 Å². The lowest BCUT2D eigenvalue weighted by atomic mass is 10.1. The molecule has 1 aromatic rings. The summed E-state index contributed by atoms with van der Waals surface area (Å²) in [6.07, 6.45) is -2.94. The molecule has 0 amide bonds. The molecule has 0 aromatic carbocycles. The van der Waals surface area contributed by atoms with Crippen molar-refractivity contribution >= 4 is 11.7 Å². The fourth-order valence-corrected chi connectivity index (χ4v) is 1.23. The van der Waals surface area contributed by atoms with Gasteiger partial charge < -0.3 is 4.74 Å². The number of hydrogen-bond acceptors (Lipinski definition) is 5. The minimum atomic E-state index is -3.26. The van der Waals surface area contributed by atoms with Gasteiger partial charge >= 0.3 is 5.97 Å². The zero-order chi connectivity index (χ0) is 13.9. The van der Waals surface area contributed by atoms with Crippen LogP contribution in [0.1, 0.15) is 29.3 Å². The van der Waals surface area contributed by atoms with E-state index in [0.717, 1.165) is 0 Å². The Morgan fingerprint density at radius 1 is 1.61 bits per heavy atom. The van der Waals surface area contributed by atoms with Gasteiger partial charge in [-0.2, -0.15) is 4.39 Å². The summed E-state index contributed by atoms with van der Waals surface area (Å²) in [5, 5.41) is 10.7. The summed E-state index contributed by atoms with van der Waals surface area (Å²) in [5.41, 5.74) is -3.65. The van der Waals surface area contributed by atoms with Gasteiger partial charge in [0.2, 0.25) is 5.95 Å². The number of pyridine rings is 1. The van der Waals surface area contributed by atoms with Gasteiger partial charge in [-0.1, -0.05) is 0 Å². The van der Waals surface area contributed by atoms with Crippen molar-refractivity contribution in [2.45, 2.75) is 13.3 Å².